The number of primary amides is 1. The molecular weight excluding hydrogens is 298 g/mol. The minimum absolute atomic E-state index is 0.105. The molecule has 2 amide bonds. The minimum Gasteiger partial charge on any atom is -0.369 e. The summed E-state index contributed by atoms with van der Waals surface area (Å²) < 4.78 is 0. The van der Waals surface area contributed by atoms with Crippen molar-refractivity contribution in [1.82, 2.24) is 0 Å². The van der Waals surface area contributed by atoms with Gasteiger partial charge in [-0.05, 0) is 30.3 Å². The zero-order chi connectivity index (χ0) is 15.9. The summed E-state index contributed by atoms with van der Waals surface area (Å²) in [4.78, 5) is 23.9. The molecule has 0 aromatic heterocycles. The van der Waals surface area contributed by atoms with Crippen LogP contribution in [0.15, 0.2) is 53.4 Å². The van der Waals surface area contributed by atoms with Gasteiger partial charge in [0.25, 0.3) is 5.91 Å². The molecule has 5 nitrogen and oxygen atoms in total. The molecule has 110 valence electrons. The second-order valence-corrected chi connectivity index (χ2v) is 5.42. The minimum atomic E-state index is -0.443. The van der Waals surface area contributed by atoms with Crippen LogP contribution in [-0.2, 0) is 4.79 Å². The van der Waals surface area contributed by atoms with Gasteiger partial charge in [-0.2, -0.15) is 5.26 Å². The molecule has 0 aliphatic carbocycles. The number of rotatable bonds is 5. The van der Waals surface area contributed by atoms with Crippen LogP contribution < -0.4 is 11.1 Å². The van der Waals surface area contributed by atoms with Gasteiger partial charge in [-0.3, -0.25) is 9.59 Å². The molecule has 0 unspecified atom stereocenters. The first-order valence-corrected chi connectivity index (χ1v) is 7.40. The predicted octanol–water partition coefficient (Wildman–Crippen LogP) is 2.39. The lowest BCUT2D eigenvalue weighted by Gasteiger charge is -2.09. The number of nitriles is 1. The lowest BCUT2D eigenvalue weighted by Crippen LogP contribution is -2.15. The van der Waals surface area contributed by atoms with Gasteiger partial charge in [0.1, 0.15) is 0 Å². The summed E-state index contributed by atoms with van der Waals surface area (Å²) in [5.41, 5.74) is 6.59. The Morgan fingerprint density at radius 3 is 2.68 bits per heavy atom. The Balaban J connectivity index is 2.18. The zero-order valence-corrected chi connectivity index (χ0v) is 12.4. The topological polar surface area (TPSA) is 96.0 Å². The van der Waals surface area contributed by atoms with Gasteiger partial charge in [0.2, 0.25) is 5.91 Å². The molecule has 0 bridgehead atoms. The number of benzene rings is 2. The summed E-state index contributed by atoms with van der Waals surface area (Å²) in [6.45, 7) is 0. The third-order valence-electron chi connectivity index (χ3n) is 2.75. The summed E-state index contributed by atoms with van der Waals surface area (Å²) in [6, 6.07) is 15.6. The fraction of sp³-hybridized carbons (Fsp3) is 0.0625. The molecule has 2 rings (SSSR count). The smallest absolute Gasteiger partial charge is 0.256 e. The average molecular weight is 311 g/mol. The number of amides is 2. The van der Waals surface area contributed by atoms with Gasteiger partial charge in [-0.25, -0.2) is 0 Å². The third-order valence-corrected chi connectivity index (χ3v) is 3.85. The number of anilines is 1. The van der Waals surface area contributed by atoms with Crippen LogP contribution >= 0.6 is 11.8 Å². The first kappa shape index (κ1) is 15.6. The van der Waals surface area contributed by atoms with E-state index in [9.17, 15) is 9.59 Å². The number of carbonyl (C=O) groups excluding carboxylic acids is 2. The lowest BCUT2D eigenvalue weighted by molar-refractivity contribution is -0.115. The number of nitrogens with one attached hydrogen (secondary N) is 1. The molecule has 0 fully saturated rings. The van der Waals surface area contributed by atoms with Crippen LogP contribution in [-0.4, -0.2) is 17.6 Å². The Hall–Kier alpha value is -2.78. The van der Waals surface area contributed by atoms with E-state index < -0.39 is 5.91 Å². The van der Waals surface area contributed by atoms with E-state index in [4.69, 9.17) is 11.0 Å². The van der Waals surface area contributed by atoms with Crippen molar-refractivity contribution in [1.29, 1.82) is 5.26 Å². The SMILES string of the molecule is N#Cc1cccc(NC(=O)c2ccccc2SCC(N)=O)c1. The van der Waals surface area contributed by atoms with E-state index in [2.05, 4.69) is 5.32 Å². The predicted molar refractivity (Wildman–Crippen MR) is 85.5 cm³/mol. The lowest BCUT2D eigenvalue weighted by atomic mass is 10.2. The molecule has 0 heterocycles. The van der Waals surface area contributed by atoms with E-state index in [0.29, 0.717) is 21.7 Å². The van der Waals surface area contributed by atoms with E-state index in [1.54, 1.807) is 48.5 Å². The van der Waals surface area contributed by atoms with Gasteiger partial charge >= 0.3 is 0 Å². The van der Waals surface area contributed by atoms with Crippen LogP contribution in [0.3, 0.4) is 0 Å². The number of hydrogen-bond acceptors (Lipinski definition) is 4. The molecule has 0 radical (unpaired) electrons. The zero-order valence-electron chi connectivity index (χ0n) is 11.6. The maximum Gasteiger partial charge on any atom is 0.256 e. The van der Waals surface area contributed by atoms with Crippen molar-refractivity contribution in [2.45, 2.75) is 4.90 Å². The first-order valence-electron chi connectivity index (χ1n) is 6.42. The van der Waals surface area contributed by atoms with Crippen molar-refractivity contribution in [3.63, 3.8) is 0 Å². The molecule has 2 aromatic rings. The van der Waals surface area contributed by atoms with Gasteiger partial charge in [0, 0.05) is 10.6 Å². The van der Waals surface area contributed by atoms with Crippen molar-refractivity contribution >= 4 is 29.3 Å². The molecule has 0 saturated carbocycles. The number of thioether (sulfide) groups is 1. The molecule has 0 aliphatic heterocycles. The summed E-state index contributed by atoms with van der Waals surface area (Å²) in [7, 11) is 0. The second kappa shape index (κ2) is 7.29. The Kier molecular flexibility index (Phi) is 5.17. The second-order valence-electron chi connectivity index (χ2n) is 4.40. The van der Waals surface area contributed by atoms with Crippen LogP contribution in [0.4, 0.5) is 5.69 Å². The van der Waals surface area contributed by atoms with E-state index >= 15 is 0 Å². The third kappa shape index (κ3) is 4.11. The maximum atomic E-state index is 12.4. The highest BCUT2D eigenvalue weighted by Gasteiger charge is 2.12. The molecule has 0 saturated heterocycles. The van der Waals surface area contributed by atoms with Gasteiger partial charge in [0.15, 0.2) is 0 Å². The number of nitrogens with two attached hydrogens (primary N) is 1. The van der Waals surface area contributed by atoms with Crippen LogP contribution in [0.2, 0.25) is 0 Å². The standard InChI is InChI=1S/C16H13N3O2S/c17-9-11-4-3-5-12(8-11)19-16(21)13-6-1-2-7-14(13)22-10-15(18)20/h1-8H,10H2,(H2,18,20)(H,19,21). The van der Waals surface area contributed by atoms with Crippen molar-refractivity contribution in [3.05, 3.63) is 59.7 Å². The Morgan fingerprint density at radius 2 is 1.95 bits per heavy atom. The molecule has 0 atom stereocenters. The fourth-order valence-electron chi connectivity index (χ4n) is 1.79. The molecule has 3 N–H and O–H groups in total. The number of nitrogens with zero attached hydrogens (tertiary/aromatic N) is 1. The van der Waals surface area contributed by atoms with Crippen molar-refractivity contribution in [3.8, 4) is 6.07 Å². The van der Waals surface area contributed by atoms with E-state index in [-0.39, 0.29) is 11.7 Å². The highest BCUT2D eigenvalue weighted by atomic mass is 32.2. The molecule has 0 spiro atoms. The monoisotopic (exact) mass is 311 g/mol. The van der Waals surface area contributed by atoms with Crippen LogP contribution in [0.1, 0.15) is 15.9 Å². The van der Waals surface area contributed by atoms with Gasteiger partial charge in [0.05, 0.1) is 22.9 Å². The Bertz CT molecular complexity index is 753. The van der Waals surface area contributed by atoms with Crippen molar-refractivity contribution in [2.24, 2.45) is 5.73 Å². The van der Waals surface area contributed by atoms with Crippen molar-refractivity contribution < 1.29 is 9.59 Å². The van der Waals surface area contributed by atoms with Gasteiger partial charge in [-0.1, -0.05) is 18.2 Å². The van der Waals surface area contributed by atoms with E-state index in [0.717, 1.165) is 0 Å². The number of carbonyl (C=O) groups is 2. The molecule has 0 aliphatic rings. The van der Waals surface area contributed by atoms with Crippen LogP contribution in [0.25, 0.3) is 0 Å². The quantitative estimate of drug-likeness (QED) is 0.829. The molecule has 6 heteroatoms. The Labute approximate surface area is 132 Å². The first-order chi connectivity index (χ1) is 10.6. The van der Waals surface area contributed by atoms with Gasteiger partial charge in [-0.15, -0.1) is 11.8 Å². The summed E-state index contributed by atoms with van der Waals surface area (Å²) in [6.07, 6.45) is 0. The van der Waals surface area contributed by atoms with Crippen LogP contribution in [0, 0.1) is 11.3 Å². The largest absolute Gasteiger partial charge is 0.369 e. The highest BCUT2D eigenvalue weighted by molar-refractivity contribution is 8.00. The normalized spacial score (nSPS) is 9.77. The summed E-state index contributed by atoms with van der Waals surface area (Å²) in [5, 5.41) is 11.6. The molecular formula is C16H13N3O2S. The van der Waals surface area contributed by atoms with E-state index in [1.807, 2.05) is 6.07 Å². The molecule has 22 heavy (non-hydrogen) atoms. The average Bonchev–Trinajstić information content (AvgIpc) is 2.53. The molecule has 2 aromatic carbocycles. The number of hydrogen-bond donors (Lipinski definition) is 2. The highest BCUT2D eigenvalue weighted by Crippen LogP contribution is 2.23. The summed E-state index contributed by atoms with van der Waals surface area (Å²) in [5.74, 6) is -0.640. The van der Waals surface area contributed by atoms with E-state index in [1.165, 1.54) is 11.8 Å². The summed E-state index contributed by atoms with van der Waals surface area (Å²) >= 11 is 1.21. The van der Waals surface area contributed by atoms with Crippen LogP contribution in [0.5, 0.6) is 0 Å². The Morgan fingerprint density at radius 1 is 1.18 bits per heavy atom. The fourth-order valence-corrected chi connectivity index (χ4v) is 2.58. The van der Waals surface area contributed by atoms with Gasteiger partial charge < -0.3 is 11.1 Å². The maximum absolute atomic E-state index is 12.4. The van der Waals surface area contributed by atoms with Crippen molar-refractivity contribution in [2.75, 3.05) is 11.1 Å².